The lowest BCUT2D eigenvalue weighted by atomic mass is 9.78. The van der Waals surface area contributed by atoms with E-state index in [1.165, 1.54) is 0 Å². The lowest BCUT2D eigenvalue weighted by Gasteiger charge is -2.27. The third-order valence-electron chi connectivity index (χ3n) is 4.89. The average molecular weight is 382 g/mol. The number of halogens is 1. The van der Waals surface area contributed by atoms with Crippen molar-refractivity contribution in [1.82, 2.24) is 5.32 Å². The zero-order valence-corrected chi connectivity index (χ0v) is 16.1. The van der Waals surface area contributed by atoms with Gasteiger partial charge in [-0.25, -0.2) is 0 Å². The van der Waals surface area contributed by atoms with E-state index in [4.69, 9.17) is 16.3 Å². The number of hydrogen-bond donors (Lipinski definition) is 2. The molecule has 1 aliphatic carbocycles. The van der Waals surface area contributed by atoms with Gasteiger partial charge in [-0.2, -0.15) is 0 Å². The Kier molecular flexibility index (Phi) is 8.23. The first-order chi connectivity index (χ1) is 12.5. The minimum Gasteiger partial charge on any atom is -0.493 e. The van der Waals surface area contributed by atoms with Crippen LogP contribution in [0.1, 0.15) is 51.0 Å². The topological polar surface area (TPSA) is 75.6 Å². The number of benzene rings is 1. The van der Waals surface area contributed by atoms with Gasteiger partial charge in [-0.1, -0.05) is 37.8 Å². The maximum Gasteiger partial charge on any atom is 0.307 e. The van der Waals surface area contributed by atoms with E-state index in [0.717, 1.165) is 37.0 Å². The quantitative estimate of drug-likeness (QED) is 0.632. The van der Waals surface area contributed by atoms with Gasteiger partial charge in [0, 0.05) is 11.6 Å². The highest BCUT2D eigenvalue weighted by Gasteiger charge is 2.35. The van der Waals surface area contributed by atoms with Crippen molar-refractivity contribution in [3.05, 3.63) is 28.8 Å². The number of carbonyl (C=O) groups excluding carboxylic acids is 1. The molecule has 1 amide bonds. The van der Waals surface area contributed by atoms with Crippen molar-refractivity contribution in [2.24, 2.45) is 11.8 Å². The molecule has 0 aromatic heterocycles. The van der Waals surface area contributed by atoms with E-state index in [2.05, 4.69) is 12.2 Å². The molecule has 1 saturated carbocycles. The van der Waals surface area contributed by atoms with Crippen molar-refractivity contribution < 1.29 is 19.4 Å². The number of unbranched alkanes of at least 4 members (excludes halogenated alkanes) is 1. The number of hydrogen-bond acceptors (Lipinski definition) is 3. The fourth-order valence-corrected chi connectivity index (χ4v) is 3.60. The van der Waals surface area contributed by atoms with Gasteiger partial charge in [0.25, 0.3) is 0 Å². The predicted molar refractivity (Wildman–Crippen MR) is 102 cm³/mol. The smallest absolute Gasteiger partial charge is 0.307 e. The second kappa shape index (κ2) is 10.4. The summed E-state index contributed by atoms with van der Waals surface area (Å²) >= 11 is 6.09. The zero-order valence-electron chi connectivity index (χ0n) is 15.3. The molecule has 1 aliphatic rings. The maximum absolute atomic E-state index is 12.4. The molecule has 2 rings (SSSR count). The summed E-state index contributed by atoms with van der Waals surface area (Å²) in [6.07, 6.45) is 5.65. The molecular formula is C20H28ClNO4. The van der Waals surface area contributed by atoms with Crippen LogP contribution in [0.25, 0.3) is 0 Å². The molecule has 2 unspecified atom stereocenters. The lowest BCUT2D eigenvalue weighted by Crippen LogP contribution is -2.40. The van der Waals surface area contributed by atoms with Crippen molar-refractivity contribution in [3.63, 3.8) is 0 Å². The monoisotopic (exact) mass is 381 g/mol. The Bertz CT molecular complexity index is 620. The molecule has 0 saturated heterocycles. The Balaban J connectivity index is 1.91. The molecule has 0 radical (unpaired) electrons. The van der Waals surface area contributed by atoms with Crippen LogP contribution in [0, 0.1) is 11.8 Å². The molecule has 1 aromatic carbocycles. The van der Waals surface area contributed by atoms with E-state index in [1.54, 1.807) is 6.07 Å². The van der Waals surface area contributed by atoms with Crippen molar-refractivity contribution in [2.75, 3.05) is 13.2 Å². The number of ether oxygens (including phenoxy) is 1. The molecule has 26 heavy (non-hydrogen) atoms. The van der Waals surface area contributed by atoms with E-state index in [1.807, 2.05) is 12.1 Å². The van der Waals surface area contributed by atoms with Gasteiger partial charge in [0.1, 0.15) is 5.75 Å². The van der Waals surface area contributed by atoms with Crippen molar-refractivity contribution in [1.29, 1.82) is 0 Å². The van der Waals surface area contributed by atoms with Gasteiger partial charge in [0.05, 0.1) is 18.4 Å². The number of carboxylic acid groups (broad SMARTS) is 1. The van der Waals surface area contributed by atoms with E-state index in [0.29, 0.717) is 37.4 Å². The van der Waals surface area contributed by atoms with Gasteiger partial charge in [-0.15, -0.1) is 0 Å². The van der Waals surface area contributed by atoms with Crippen molar-refractivity contribution in [3.8, 4) is 5.75 Å². The molecular weight excluding hydrogens is 354 g/mol. The highest BCUT2D eigenvalue weighted by Crippen LogP contribution is 2.30. The van der Waals surface area contributed by atoms with Crippen LogP contribution < -0.4 is 10.1 Å². The van der Waals surface area contributed by atoms with E-state index < -0.39 is 17.8 Å². The number of carbonyl (C=O) groups is 2. The Morgan fingerprint density at radius 3 is 2.69 bits per heavy atom. The molecule has 1 aromatic rings. The molecule has 1 fully saturated rings. The number of nitrogens with one attached hydrogen (secondary N) is 1. The first kappa shape index (κ1) is 20.6. The standard InChI is InChI=1S/C20H28ClNO4/c1-2-3-12-26-18-9-8-15(21)13-14(18)10-11-22-19(23)16-6-4-5-7-17(16)20(24)25/h8-9,13,16-17H,2-7,10-12H2,1H3,(H,22,23)(H,24,25). The molecule has 0 spiro atoms. The van der Waals surface area contributed by atoms with E-state index in [-0.39, 0.29) is 5.91 Å². The summed E-state index contributed by atoms with van der Waals surface area (Å²) in [5.74, 6) is -1.24. The van der Waals surface area contributed by atoms with Gasteiger partial charge in [0.2, 0.25) is 5.91 Å². The fourth-order valence-electron chi connectivity index (χ4n) is 3.40. The third kappa shape index (κ3) is 5.90. The highest BCUT2D eigenvalue weighted by atomic mass is 35.5. The molecule has 6 heteroatoms. The Morgan fingerprint density at radius 1 is 1.27 bits per heavy atom. The minimum absolute atomic E-state index is 0.160. The first-order valence-electron chi connectivity index (χ1n) is 9.44. The van der Waals surface area contributed by atoms with Crippen molar-refractivity contribution >= 4 is 23.5 Å². The van der Waals surface area contributed by atoms with Crippen LogP contribution in [-0.2, 0) is 16.0 Å². The molecule has 2 N–H and O–H groups in total. The summed E-state index contributed by atoms with van der Waals surface area (Å²) in [6.45, 7) is 3.20. The summed E-state index contributed by atoms with van der Waals surface area (Å²) in [5.41, 5.74) is 0.951. The fraction of sp³-hybridized carbons (Fsp3) is 0.600. The average Bonchev–Trinajstić information content (AvgIpc) is 2.63. The summed E-state index contributed by atoms with van der Waals surface area (Å²) < 4.78 is 5.81. The molecule has 0 aliphatic heterocycles. The molecule has 0 heterocycles. The van der Waals surface area contributed by atoms with Crippen LogP contribution in [0.3, 0.4) is 0 Å². The van der Waals surface area contributed by atoms with Gasteiger partial charge in [-0.05, 0) is 49.4 Å². The normalized spacial score (nSPS) is 19.8. The molecule has 2 atom stereocenters. The molecule has 144 valence electrons. The number of amides is 1. The molecule has 0 bridgehead atoms. The van der Waals surface area contributed by atoms with Crippen LogP contribution in [-0.4, -0.2) is 30.1 Å². The van der Waals surface area contributed by atoms with Gasteiger partial charge in [-0.3, -0.25) is 9.59 Å². The van der Waals surface area contributed by atoms with Crippen LogP contribution >= 0.6 is 11.6 Å². The maximum atomic E-state index is 12.4. The largest absolute Gasteiger partial charge is 0.493 e. The third-order valence-corrected chi connectivity index (χ3v) is 5.13. The number of rotatable bonds is 9. The predicted octanol–water partition coefficient (Wildman–Crippen LogP) is 4.07. The number of aliphatic carboxylic acids is 1. The second-order valence-electron chi connectivity index (χ2n) is 6.83. The van der Waals surface area contributed by atoms with Crippen LogP contribution in [0.4, 0.5) is 0 Å². The summed E-state index contributed by atoms with van der Waals surface area (Å²) in [5, 5.41) is 12.9. The Morgan fingerprint density at radius 2 is 2.00 bits per heavy atom. The lowest BCUT2D eigenvalue weighted by molar-refractivity contribution is -0.148. The van der Waals surface area contributed by atoms with Gasteiger partial charge in [0.15, 0.2) is 0 Å². The summed E-state index contributed by atoms with van der Waals surface area (Å²) in [7, 11) is 0. The van der Waals surface area contributed by atoms with E-state index in [9.17, 15) is 14.7 Å². The van der Waals surface area contributed by atoms with Crippen molar-refractivity contribution in [2.45, 2.75) is 51.9 Å². The first-order valence-corrected chi connectivity index (χ1v) is 9.82. The van der Waals surface area contributed by atoms with Crippen LogP contribution in [0.5, 0.6) is 5.75 Å². The SMILES string of the molecule is CCCCOc1ccc(Cl)cc1CCNC(=O)C1CCCCC1C(=O)O. The van der Waals surface area contributed by atoms with Crippen LogP contribution in [0.2, 0.25) is 5.02 Å². The van der Waals surface area contributed by atoms with Gasteiger partial charge < -0.3 is 15.2 Å². The Hall–Kier alpha value is -1.75. The van der Waals surface area contributed by atoms with Crippen LogP contribution in [0.15, 0.2) is 18.2 Å². The zero-order chi connectivity index (χ0) is 18.9. The minimum atomic E-state index is -0.869. The number of carboxylic acids is 1. The highest BCUT2D eigenvalue weighted by molar-refractivity contribution is 6.30. The molecule has 5 nitrogen and oxygen atoms in total. The van der Waals surface area contributed by atoms with E-state index >= 15 is 0 Å². The second-order valence-corrected chi connectivity index (χ2v) is 7.27. The van der Waals surface area contributed by atoms with Gasteiger partial charge >= 0.3 is 5.97 Å². The summed E-state index contributed by atoms with van der Waals surface area (Å²) in [4.78, 5) is 23.8. The Labute approximate surface area is 160 Å². The summed E-state index contributed by atoms with van der Waals surface area (Å²) in [6, 6.07) is 5.51.